The highest BCUT2D eigenvalue weighted by molar-refractivity contribution is 5.73. The van der Waals surface area contributed by atoms with Crippen molar-refractivity contribution in [1.29, 1.82) is 0 Å². The smallest absolute Gasteiger partial charge is 0.155 e. The molecule has 0 amide bonds. The van der Waals surface area contributed by atoms with Crippen molar-refractivity contribution < 1.29 is 0 Å². The van der Waals surface area contributed by atoms with Crippen molar-refractivity contribution in [2.24, 2.45) is 0 Å². The predicted molar refractivity (Wildman–Crippen MR) is 94.9 cm³/mol. The van der Waals surface area contributed by atoms with Crippen molar-refractivity contribution in [3.05, 3.63) is 47.9 Å². The Morgan fingerprint density at radius 2 is 2.29 bits per heavy atom. The molecule has 4 rings (SSSR count). The molecule has 0 unspecified atom stereocenters. The molecule has 2 N–H and O–H groups in total. The van der Waals surface area contributed by atoms with Gasteiger partial charge < -0.3 is 5.32 Å². The SMILES string of the molecule is CNc1ncccc1CN1CCC[C@H](c2ccc3cn[nH]c3n2)C1. The van der Waals surface area contributed by atoms with E-state index in [2.05, 4.69) is 43.6 Å². The summed E-state index contributed by atoms with van der Waals surface area (Å²) in [5.41, 5.74) is 3.29. The summed E-state index contributed by atoms with van der Waals surface area (Å²) in [6.45, 7) is 3.08. The molecule has 0 spiro atoms. The average Bonchev–Trinajstić information content (AvgIpc) is 3.10. The van der Waals surface area contributed by atoms with Crippen LogP contribution in [-0.4, -0.2) is 45.2 Å². The quantitative estimate of drug-likeness (QED) is 0.773. The molecule has 0 aliphatic carbocycles. The lowest BCUT2D eigenvalue weighted by Gasteiger charge is -2.32. The van der Waals surface area contributed by atoms with Crippen LogP contribution < -0.4 is 5.32 Å². The minimum Gasteiger partial charge on any atom is -0.373 e. The van der Waals surface area contributed by atoms with Gasteiger partial charge in [-0.2, -0.15) is 5.10 Å². The van der Waals surface area contributed by atoms with Crippen LogP contribution in [0.3, 0.4) is 0 Å². The van der Waals surface area contributed by atoms with Crippen LogP contribution in [0.1, 0.15) is 30.0 Å². The number of anilines is 1. The molecule has 6 nitrogen and oxygen atoms in total. The summed E-state index contributed by atoms with van der Waals surface area (Å²) in [5.74, 6) is 1.44. The summed E-state index contributed by atoms with van der Waals surface area (Å²) in [5, 5.41) is 11.3. The first-order valence-corrected chi connectivity index (χ1v) is 8.47. The van der Waals surface area contributed by atoms with Gasteiger partial charge in [-0.1, -0.05) is 6.07 Å². The van der Waals surface area contributed by atoms with E-state index in [0.717, 1.165) is 42.2 Å². The number of piperidine rings is 1. The van der Waals surface area contributed by atoms with Crippen LogP contribution in [0.2, 0.25) is 0 Å². The van der Waals surface area contributed by atoms with E-state index in [9.17, 15) is 0 Å². The molecule has 1 aliphatic rings. The summed E-state index contributed by atoms with van der Waals surface area (Å²) in [6.07, 6.45) is 6.04. The number of aromatic nitrogens is 4. The van der Waals surface area contributed by atoms with E-state index in [0.29, 0.717) is 5.92 Å². The van der Waals surface area contributed by atoms with Gasteiger partial charge in [0.15, 0.2) is 5.65 Å². The molecule has 1 aliphatic heterocycles. The van der Waals surface area contributed by atoms with Gasteiger partial charge in [-0.25, -0.2) is 9.97 Å². The normalized spacial score (nSPS) is 18.8. The van der Waals surface area contributed by atoms with Crippen LogP contribution >= 0.6 is 0 Å². The number of hydrogen-bond acceptors (Lipinski definition) is 5. The van der Waals surface area contributed by atoms with Gasteiger partial charge in [0.05, 0.1) is 6.20 Å². The zero-order valence-electron chi connectivity index (χ0n) is 13.9. The largest absolute Gasteiger partial charge is 0.373 e. The van der Waals surface area contributed by atoms with E-state index in [1.165, 1.54) is 18.4 Å². The van der Waals surface area contributed by atoms with Gasteiger partial charge in [0, 0.05) is 48.9 Å². The Morgan fingerprint density at radius 1 is 1.33 bits per heavy atom. The molecule has 3 aromatic heterocycles. The second-order valence-corrected chi connectivity index (χ2v) is 6.38. The number of nitrogens with one attached hydrogen (secondary N) is 2. The lowest BCUT2D eigenvalue weighted by molar-refractivity contribution is 0.199. The van der Waals surface area contributed by atoms with Crippen molar-refractivity contribution in [2.45, 2.75) is 25.3 Å². The van der Waals surface area contributed by atoms with Crippen molar-refractivity contribution in [3.8, 4) is 0 Å². The van der Waals surface area contributed by atoms with Gasteiger partial charge in [-0.15, -0.1) is 0 Å². The molecule has 1 atom stereocenters. The number of hydrogen-bond donors (Lipinski definition) is 2. The molecule has 0 saturated carbocycles. The lowest BCUT2D eigenvalue weighted by Crippen LogP contribution is -2.34. The number of aromatic amines is 1. The maximum Gasteiger partial charge on any atom is 0.155 e. The highest BCUT2D eigenvalue weighted by atomic mass is 15.1. The van der Waals surface area contributed by atoms with E-state index in [4.69, 9.17) is 4.98 Å². The number of H-pyrrole nitrogens is 1. The van der Waals surface area contributed by atoms with Gasteiger partial charge in [-0.3, -0.25) is 10.00 Å². The van der Waals surface area contributed by atoms with Gasteiger partial charge >= 0.3 is 0 Å². The molecule has 0 aromatic carbocycles. The first-order valence-electron chi connectivity index (χ1n) is 8.47. The maximum atomic E-state index is 4.76. The summed E-state index contributed by atoms with van der Waals surface area (Å²) in [7, 11) is 1.92. The molecule has 24 heavy (non-hydrogen) atoms. The van der Waals surface area contributed by atoms with Crippen LogP contribution in [-0.2, 0) is 6.54 Å². The third-order valence-corrected chi connectivity index (χ3v) is 4.77. The van der Waals surface area contributed by atoms with E-state index in [1.54, 1.807) is 0 Å². The molecular formula is C18H22N6. The minimum atomic E-state index is 0.473. The monoisotopic (exact) mass is 322 g/mol. The maximum absolute atomic E-state index is 4.76. The zero-order valence-corrected chi connectivity index (χ0v) is 13.9. The second-order valence-electron chi connectivity index (χ2n) is 6.38. The molecule has 0 bridgehead atoms. The average molecular weight is 322 g/mol. The molecule has 3 aromatic rings. The second kappa shape index (κ2) is 6.57. The predicted octanol–water partition coefficient (Wildman–Crippen LogP) is 2.77. The number of rotatable bonds is 4. The van der Waals surface area contributed by atoms with Crippen LogP contribution in [0, 0.1) is 0 Å². The Labute approximate surface area is 141 Å². The number of nitrogens with zero attached hydrogens (tertiary/aromatic N) is 4. The molecule has 124 valence electrons. The first kappa shape index (κ1) is 15.1. The molecule has 4 heterocycles. The fourth-order valence-electron chi connectivity index (χ4n) is 3.54. The van der Waals surface area contributed by atoms with Crippen LogP contribution in [0.4, 0.5) is 5.82 Å². The van der Waals surface area contributed by atoms with E-state index < -0.39 is 0 Å². The fraction of sp³-hybridized carbons (Fsp3) is 0.389. The Bertz CT molecular complexity index is 827. The van der Waals surface area contributed by atoms with Crippen LogP contribution in [0.5, 0.6) is 0 Å². The topological polar surface area (TPSA) is 69.7 Å². The van der Waals surface area contributed by atoms with Gasteiger partial charge in [0.25, 0.3) is 0 Å². The molecular weight excluding hydrogens is 300 g/mol. The van der Waals surface area contributed by atoms with Gasteiger partial charge in [0.1, 0.15) is 5.82 Å². The summed E-state index contributed by atoms with van der Waals surface area (Å²) in [6, 6.07) is 8.41. The van der Waals surface area contributed by atoms with E-state index >= 15 is 0 Å². The highest BCUT2D eigenvalue weighted by Gasteiger charge is 2.23. The van der Waals surface area contributed by atoms with Crippen LogP contribution in [0.15, 0.2) is 36.7 Å². The summed E-state index contributed by atoms with van der Waals surface area (Å²) in [4.78, 5) is 11.7. The Hall–Kier alpha value is -2.47. The number of fused-ring (bicyclic) bond motifs is 1. The van der Waals surface area contributed by atoms with Gasteiger partial charge in [0.2, 0.25) is 0 Å². The third-order valence-electron chi connectivity index (χ3n) is 4.77. The first-order chi connectivity index (χ1) is 11.8. The lowest BCUT2D eigenvalue weighted by atomic mass is 9.94. The molecule has 1 fully saturated rings. The van der Waals surface area contributed by atoms with Crippen LogP contribution in [0.25, 0.3) is 11.0 Å². The Morgan fingerprint density at radius 3 is 3.21 bits per heavy atom. The van der Waals surface area contributed by atoms with Gasteiger partial charge in [-0.05, 0) is 37.6 Å². The Kier molecular flexibility index (Phi) is 4.13. The summed E-state index contributed by atoms with van der Waals surface area (Å²) < 4.78 is 0. The van der Waals surface area contributed by atoms with Crippen molar-refractivity contribution in [1.82, 2.24) is 25.1 Å². The number of pyridine rings is 2. The van der Waals surface area contributed by atoms with E-state index in [1.807, 2.05) is 25.5 Å². The van der Waals surface area contributed by atoms with Crippen molar-refractivity contribution in [3.63, 3.8) is 0 Å². The standard InChI is InChI=1S/C18H22N6/c1-19-17-15(4-2-8-20-17)12-24-9-3-5-14(11-24)16-7-6-13-10-21-23-18(13)22-16/h2,4,6-8,10,14H,3,5,9,11-12H2,1H3,(H,19,20)(H,21,22,23)/t14-/m0/s1. The highest BCUT2D eigenvalue weighted by Crippen LogP contribution is 2.28. The zero-order chi connectivity index (χ0) is 16.4. The molecule has 1 saturated heterocycles. The van der Waals surface area contributed by atoms with Crippen molar-refractivity contribution in [2.75, 3.05) is 25.5 Å². The number of likely N-dealkylation sites (tertiary alicyclic amines) is 1. The molecule has 0 radical (unpaired) electrons. The Balaban J connectivity index is 1.50. The van der Waals surface area contributed by atoms with E-state index in [-0.39, 0.29) is 0 Å². The minimum absolute atomic E-state index is 0.473. The fourth-order valence-corrected chi connectivity index (χ4v) is 3.54. The molecule has 6 heteroatoms. The third kappa shape index (κ3) is 2.97. The van der Waals surface area contributed by atoms with Crippen molar-refractivity contribution >= 4 is 16.9 Å². The summed E-state index contributed by atoms with van der Waals surface area (Å²) >= 11 is 0.